The van der Waals surface area contributed by atoms with Crippen LogP contribution in [0.1, 0.15) is 5.56 Å². The molecule has 0 bridgehead atoms. The molecule has 1 aromatic carbocycles. The van der Waals surface area contributed by atoms with E-state index in [2.05, 4.69) is 0 Å². The highest BCUT2D eigenvalue weighted by molar-refractivity contribution is 5.99. The van der Waals surface area contributed by atoms with E-state index >= 15 is 0 Å². The van der Waals surface area contributed by atoms with Gasteiger partial charge in [-0.1, -0.05) is 6.07 Å². The number of cyclic esters (lactones) is 1. The van der Waals surface area contributed by atoms with Gasteiger partial charge in [-0.3, -0.25) is 0 Å². The maximum atomic E-state index is 12.3. The quantitative estimate of drug-likeness (QED) is 0.767. The van der Waals surface area contributed by atoms with Gasteiger partial charge in [-0.15, -0.1) is 0 Å². The summed E-state index contributed by atoms with van der Waals surface area (Å²) in [6, 6.07) is 5.78. The van der Waals surface area contributed by atoms with E-state index in [0.717, 1.165) is 28.0 Å². The number of hydrogen-bond acceptors (Lipinski definition) is 6. The Hall–Kier alpha value is -2.99. The van der Waals surface area contributed by atoms with Crippen LogP contribution in [0.3, 0.4) is 0 Å². The number of carbonyl (C=O) groups excluding carboxylic acids is 1. The van der Waals surface area contributed by atoms with Gasteiger partial charge in [0, 0.05) is 5.57 Å². The van der Waals surface area contributed by atoms with Crippen LogP contribution in [0.2, 0.25) is 0 Å². The maximum absolute atomic E-state index is 12.3. The van der Waals surface area contributed by atoms with E-state index in [1.54, 1.807) is 14.2 Å². The molecule has 4 aliphatic rings. The van der Waals surface area contributed by atoms with Crippen molar-refractivity contribution in [1.82, 2.24) is 0 Å². The highest BCUT2D eigenvalue weighted by atomic mass is 16.7. The maximum Gasteiger partial charge on any atom is 0.334 e. The number of carbonyl (C=O) groups is 1. The summed E-state index contributed by atoms with van der Waals surface area (Å²) in [6.07, 6.45) is 5.71. The summed E-state index contributed by atoms with van der Waals surface area (Å²) >= 11 is 0. The Morgan fingerprint density at radius 1 is 1.07 bits per heavy atom. The molecule has 2 unspecified atom stereocenters. The third-order valence-electron chi connectivity index (χ3n) is 5.32. The summed E-state index contributed by atoms with van der Waals surface area (Å²) in [6.45, 7) is 0.566. The first-order chi connectivity index (χ1) is 13.2. The Bertz CT molecular complexity index is 965. The fraction of sp³-hybridized carbons (Fsp3) is 0.286. The lowest BCUT2D eigenvalue weighted by atomic mass is 9.76. The minimum absolute atomic E-state index is 0.126. The first-order valence-electron chi connectivity index (χ1n) is 8.73. The van der Waals surface area contributed by atoms with Crippen molar-refractivity contribution in [2.24, 2.45) is 5.92 Å². The molecule has 138 valence electrons. The summed E-state index contributed by atoms with van der Waals surface area (Å²) in [5, 5.41) is 0. The Morgan fingerprint density at radius 3 is 2.74 bits per heavy atom. The summed E-state index contributed by atoms with van der Waals surface area (Å²) < 4.78 is 27.4. The van der Waals surface area contributed by atoms with E-state index in [-0.39, 0.29) is 24.8 Å². The highest BCUT2D eigenvalue weighted by Gasteiger charge is 2.40. The van der Waals surface area contributed by atoms with Crippen molar-refractivity contribution in [3.05, 3.63) is 64.5 Å². The molecule has 6 heteroatoms. The first-order valence-corrected chi connectivity index (χ1v) is 8.73. The van der Waals surface area contributed by atoms with Crippen LogP contribution in [0.25, 0.3) is 5.57 Å². The largest absolute Gasteiger partial charge is 0.493 e. The van der Waals surface area contributed by atoms with E-state index in [9.17, 15) is 4.79 Å². The minimum Gasteiger partial charge on any atom is -0.493 e. The molecule has 0 saturated carbocycles. The average Bonchev–Trinajstić information content (AvgIpc) is 3.30. The molecule has 0 aromatic heterocycles. The summed E-state index contributed by atoms with van der Waals surface area (Å²) in [5.74, 6) is 1.68. The third kappa shape index (κ3) is 2.40. The lowest BCUT2D eigenvalue weighted by molar-refractivity contribution is -0.135. The van der Waals surface area contributed by atoms with Crippen molar-refractivity contribution in [1.29, 1.82) is 0 Å². The van der Waals surface area contributed by atoms with Crippen LogP contribution >= 0.6 is 0 Å². The summed E-state index contributed by atoms with van der Waals surface area (Å²) in [4.78, 5) is 12.3. The van der Waals surface area contributed by atoms with Gasteiger partial charge in [0.25, 0.3) is 0 Å². The average molecular weight is 366 g/mol. The van der Waals surface area contributed by atoms with Crippen LogP contribution < -0.4 is 9.47 Å². The van der Waals surface area contributed by atoms with Gasteiger partial charge in [0.1, 0.15) is 18.5 Å². The highest BCUT2D eigenvalue weighted by Crippen LogP contribution is 2.47. The van der Waals surface area contributed by atoms with Crippen LogP contribution in [0, 0.1) is 5.92 Å². The van der Waals surface area contributed by atoms with Crippen molar-refractivity contribution in [3.8, 4) is 11.5 Å². The molecule has 0 N–H and O–H groups in total. The monoisotopic (exact) mass is 366 g/mol. The molecule has 0 spiro atoms. The Morgan fingerprint density at radius 2 is 1.93 bits per heavy atom. The molecule has 0 amide bonds. The molecule has 2 aliphatic heterocycles. The standard InChI is InChI=1S/C21H18O6/c1-23-16-4-3-11(6-17(16)24-2)20-13-8-19-18(26-10-27-19)7-12(13)5-14-15(20)9-25-21(14)22/h3-8,15,18H,9-10H2,1-2H3. The van der Waals surface area contributed by atoms with E-state index in [1.165, 1.54) is 0 Å². The van der Waals surface area contributed by atoms with E-state index in [0.29, 0.717) is 23.7 Å². The zero-order chi connectivity index (χ0) is 18.5. The van der Waals surface area contributed by atoms with Crippen LogP contribution in [-0.2, 0) is 19.0 Å². The molecule has 6 nitrogen and oxygen atoms in total. The molecule has 1 aromatic rings. The number of fused-ring (bicyclic) bond motifs is 3. The summed E-state index contributed by atoms with van der Waals surface area (Å²) in [5.41, 5.74) is 4.62. The number of esters is 1. The predicted molar refractivity (Wildman–Crippen MR) is 96.0 cm³/mol. The summed E-state index contributed by atoms with van der Waals surface area (Å²) in [7, 11) is 3.21. The molecule has 2 fully saturated rings. The normalized spacial score (nSPS) is 25.4. The van der Waals surface area contributed by atoms with Gasteiger partial charge in [-0.05, 0) is 52.6 Å². The number of benzene rings is 1. The van der Waals surface area contributed by atoms with Crippen molar-refractivity contribution in [2.75, 3.05) is 27.6 Å². The zero-order valence-corrected chi connectivity index (χ0v) is 15.0. The van der Waals surface area contributed by atoms with Crippen molar-refractivity contribution >= 4 is 11.5 Å². The van der Waals surface area contributed by atoms with Gasteiger partial charge in [-0.2, -0.15) is 0 Å². The second-order valence-electron chi connectivity index (χ2n) is 6.67. The van der Waals surface area contributed by atoms with Crippen molar-refractivity contribution in [2.45, 2.75) is 6.10 Å². The van der Waals surface area contributed by atoms with Gasteiger partial charge in [-0.25, -0.2) is 4.79 Å². The number of hydrogen-bond donors (Lipinski definition) is 0. The Kier molecular flexibility index (Phi) is 3.62. The second-order valence-corrected chi connectivity index (χ2v) is 6.67. The molecular weight excluding hydrogens is 348 g/mol. The smallest absolute Gasteiger partial charge is 0.334 e. The van der Waals surface area contributed by atoms with Crippen LogP contribution in [-0.4, -0.2) is 39.7 Å². The molecule has 2 atom stereocenters. The molecule has 2 heterocycles. The number of methoxy groups -OCH3 is 2. The van der Waals surface area contributed by atoms with E-state index in [1.807, 2.05) is 36.4 Å². The van der Waals surface area contributed by atoms with Crippen molar-refractivity contribution < 1.29 is 28.5 Å². The topological polar surface area (TPSA) is 63.2 Å². The van der Waals surface area contributed by atoms with E-state index < -0.39 is 0 Å². The second kappa shape index (κ2) is 6.03. The van der Waals surface area contributed by atoms with Gasteiger partial charge in [0.15, 0.2) is 18.3 Å². The lowest BCUT2D eigenvalue weighted by Gasteiger charge is -2.27. The Balaban J connectivity index is 1.71. The van der Waals surface area contributed by atoms with Gasteiger partial charge in [0.05, 0.1) is 20.1 Å². The first kappa shape index (κ1) is 16.2. The zero-order valence-electron chi connectivity index (χ0n) is 15.0. The van der Waals surface area contributed by atoms with E-state index in [4.69, 9.17) is 23.7 Å². The lowest BCUT2D eigenvalue weighted by Crippen LogP contribution is -2.18. The SMILES string of the molecule is COc1ccc(C2=C3C=C4OCOC4C=C3C=C3C(=O)OCC32)cc1OC. The molecule has 2 aliphatic carbocycles. The van der Waals surface area contributed by atoms with Crippen LogP contribution in [0.5, 0.6) is 11.5 Å². The number of allylic oxidation sites excluding steroid dienone is 4. The Labute approximate surface area is 156 Å². The third-order valence-corrected chi connectivity index (χ3v) is 5.32. The minimum atomic E-state index is -0.267. The molecular formula is C21H18O6. The molecule has 27 heavy (non-hydrogen) atoms. The van der Waals surface area contributed by atoms with Gasteiger partial charge >= 0.3 is 5.97 Å². The van der Waals surface area contributed by atoms with Crippen LogP contribution in [0.4, 0.5) is 0 Å². The van der Waals surface area contributed by atoms with Gasteiger partial charge < -0.3 is 23.7 Å². The number of ether oxygens (including phenoxy) is 5. The van der Waals surface area contributed by atoms with Gasteiger partial charge in [0.2, 0.25) is 0 Å². The molecule has 0 radical (unpaired) electrons. The molecule has 2 saturated heterocycles. The van der Waals surface area contributed by atoms with Crippen molar-refractivity contribution in [3.63, 3.8) is 0 Å². The number of rotatable bonds is 3. The van der Waals surface area contributed by atoms with Crippen LogP contribution in [0.15, 0.2) is 58.9 Å². The fourth-order valence-corrected chi connectivity index (χ4v) is 4.02. The fourth-order valence-electron chi connectivity index (χ4n) is 4.02. The predicted octanol–water partition coefficient (Wildman–Crippen LogP) is 2.77. The molecule has 5 rings (SSSR count).